The van der Waals surface area contributed by atoms with Crippen LogP contribution in [0, 0.1) is 5.82 Å². The number of H-pyrrole nitrogens is 2. The molecule has 0 fully saturated rings. The van der Waals surface area contributed by atoms with Crippen molar-refractivity contribution in [2.75, 3.05) is 10.6 Å². The second kappa shape index (κ2) is 8.75. The Morgan fingerprint density at radius 3 is 2.82 bits per heavy atom. The Labute approximate surface area is 191 Å². The molecule has 0 saturated heterocycles. The minimum Gasteiger partial charge on any atom is -0.351 e. The Bertz CT molecular complexity index is 1390. The van der Waals surface area contributed by atoms with Crippen molar-refractivity contribution >= 4 is 46.9 Å². The number of carbonyl (C=O) groups is 2. The number of aromatic nitrogens is 4. The number of nitrogens with zero attached hydrogens (tertiary/aromatic N) is 2. The second-order valence-corrected chi connectivity index (χ2v) is 8.20. The number of fused-ring (bicyclic) bond motifs is 1. The van der Waals surface area contributed by atoms with Crippen molar-refractivity contribution in [1.82, 2.24) is 20.2 Å². The zero-order valence-corrected chi connectivity index (χ0v) is 17.9. The second-order valence-electron chi connectivity index (χ2n) is 7.24. The van der Waals surface area contributed by atoms with Gasteiger partial charge in [0.15, 0.2) is 5.16 Å². The maximum Gasteiger partial charge on any atom is 0.274 e. The molecule has 1 aliphatic rings. The predicted octanol–water partition coefficient (Wildman–Crippen LogP) is 4.31. The fourth-order valence-corrected chi connectivity index (χ4v) is 4.14. The first-order chi connectivity index (χ1) is 16.0. The Morgan fingerprint density at radius 2 is 1.94 bits per heavy atom. The van der Waals surface area contributed by atoms with E-state index in [0.29, 0.717) is 27.9 Å². The average molecular weight is 460 g/mol. The van der Waals surface area contributed by atoms with Crippen molar-refractivity contribution in [1.29, 1.82) is 0 Å². The molecule has 10 heteroatoms. The minimum atomic E-state index is -0.409. The third-order valence-electron chi connectivity index (χ3n) is 4.93. The number of para-hydroxylation sites is 1. The van der Waals surface area contributed by atoms with E-state index in [4.69, 9.17) is 0 Å². The van der Waals surface area contributed by atoms with Gasteiger partial charge in [0.2, 0.25) is 5.95 Å². The Hall–Kier alpha value is -4.18. The van der Waals surface area contributed by atoms with Gasteiger partial charge in [0.05, 0.1) is 5.57 Å². The van der Waals surface area contributed by atoms with Gasteiger partial charge in [0.25, 0.3) is 11.8 Å². The van der Waals surface area contributed by atoms with Gasteiger partial charge in [0, 0.05) is 22.7 Å². The number of rotatable bonds is 6. The van der Waals surface area contributed by atoms with Crippen molar-refractivity contribution in [2.24, 2.45) is 0 Å². The molecule has 0 saturated carbocycles. The zero-order chi connectivity index (χ0) is 22.8. The van der Waals surface area contributed by atoms with E-state index in [1.54, 1.807) is 24.3 Å². The fraction of sp³-hybridized carbons (Fsp3) is 0.0435. The minimum absolute atomic E-state index is 0.193. The molecule has 8 nitrogen and oxygen atoms in total. The van der Waals surface area contributed by atoms with E-state index in [1.807, 2.05) is 30.3 Å². The normalized spacial score (nSPS) is 13.7. The molecule has 3 heterocycles. The standard InChI is InChI=1S/C23H17FN6O2S/c24-14-5-3-4-13(10-14)12-33-23-28-22(29-30-23)27-21(32)19-9-8-15(25-19)11-17-16-6-1-2-7-18(16)26-20(17)31/h1-11,25H,12H2,(H,26,31)(H2,27,28,29,30,32)/b17-11-. The summed E-state index contributed by atoms with van der Waals surface area (Å²) in [6, 6.07) is 17.1. The molecule has 0 radical (unpaired) electrons. The van der Waals surface area contributed by atoms with Gasteiger partial charge in [-0.05, 0) is 42.0 Å². The fourth-order valence-electron chi connectivity index (χ4n) is 3.39. The smallest absolute Gasteiger partial charge is 0.274 e. The highest BCUT2D eigenvalue weighted by Gasteiger charge is 2.23. The van der Waals surface area contributed by atoms with Crippen LogP contribution < -0.4 is 10.6 Å². The van der Waals surface area contributed by atoms with Crippen LogP contribution in [0.2, 0.25) is 0 Å². The molecular weight excluding hydrogens is 443 g/mol. The first-order valence-electron chi connectivity index (χ1n) is 9.98. The number of thioether (sulfide) groups is 1. The molecule has 0 bridgehead atoms. The lowest BCUT2D eigenvalue weighted by molar-refractivity contribution is -0.110. The molecule has 2 amide bonds. The lowest BCUT2D eigenvalue weighted by Crippen LogP contribution is -2.13. The molecular formula is C23H17FN6O2S. The van der Waals surface area contributed by atoms with E-state index in [-0.39, 0.29) is 17.7 Å². The summed E-state index contributed by atoms with van der Waals surface area (Å²) < 4.78 is 13.3. The molecule has 1 aliphatic heterocycles. The summed E-state index contributed by atoms with van der Waals surface area (Å²) in [6.45, 7) is 0. The quantitative estimate of drug-likeness (QED) is 0.253. The summed E-state index contributed by atoms with van der Waals surface area (Å²) in [6.07, 6.45) is 1.70. The number of benzene rings is 2. The van der Waals surface area contributed by atoms with E-state index in [2.05, 4.69) is 30.8 Å². The summed E-state index contributed by atoms with van der Waals surface area (Å²) in [5, 5.41) is 13.9. The Morgan fingerprint density at radius 1 is 1.06 bits per heavy atom. The third kappa shape index (κ3) is 4.55. The van der Waals surface area contributed by atoms with Crippen molar-refractivity contribution in [3.8, 4) is 0 Å². The molecule has 0 aliphatic carbocycles. The molecule has 4 N–H and O–H groups in total. The van der Waals surface area contributed by atoms with Gasteiger partial charge >= 0.3 is 0 Å². The number of halogens is 1. The van der Waals surface area contributed by atoms with E-state index in [0.717, 1.165) is 16.8 Å². The monoisotopic (exact) mass is 460 g/mol. The largest absolute Gasteiger partial charge is 0.351 e. The number of nitrogens with one attached hydrogen (secondary N) is 4. The molecule has 2 aromatic carbocycles. The summed E-state index contributed by atoms with van der Waals surface area (Å²) in [4.78, 5) is 30.8. The number of carbonyl (C=O) groups excluding carboxylic acids is 2. The van der Waals surface area contributed by atoms with Crippen molar-refractivity contribution in [3.63, 3.8) is 0 Å². The van der Waals surface area contributed by atoms with Crippen LogP contribution in [-0.2, 0) is 10.5 Å². The van der Waals surface area contributed by atoms with Crippen LogP contribution in [0.4, 0.5) is 16.0 Å². The van der Waals surface area contributed by atoms with Crippen LogP contribution in [-0.4, -0.2) is 32.0 Å². The summed E-state index contributed by atoms with van der Waals surface area (Å²) >= 11 is 1.34. The lowest BCUT2D eigenvalue weighted by Gasteiger charge is -2.00. The van der Waals surface area contributed by atoms with Crippen molar-refractivity contribution < 1.29 is 14.0 Å². The average Bonchev–Trinajstić information content (AvgIpc) is 3.52. The van der Waals surface area contributed by atoms with Crippen LogP contribution in [0.15, 0.2) is 65.8 Å². The number of anilines is 2. The van der Waals surface area contributed by atoms with Crippen LogP contribution >= 0.6 is 11.8 Å². The van der Waals surface area contributed by atoms with E-state index in [9.17, 15) is 14.0 Å². The molecule has 0 spiro atoms. The van der Waals surface area contributed by atoms with Crippen molar-refractivity contribution in [3.05, 3.63) is 89.0 Å². The third-order valence-corrected chi connectivity index (χ3v) is 5.86. The van der Waals surface area contributed by atoms with Crippen LogP contribution in [0.5, 0.6) is 0 Å². The molecule has 0 atom stereocenters. The van der Waals surface area contributed by atoms with Gasteiger partial charge < -0.3 is 15.3 Å². The van der Waals surface area contributed by atoms with Crippen molar-refractivity contribution in [2.45, 2.75) is 10.9 Å². The highest BCUT2D eigenvalue weighted by molar-refractivity contribution is 7.98. The molecule has 4 aromatic rings. The van der Waals surface area contributed by atoms with Gasteiger partial charge in [-0.1, -0.05) is 42.1 Å². The molecule has 5 rings (SSSR count). The van der Waals surface area contributed by atoms with Gasteiger partial charge in [-0.25, -0.2) is 4.39 Å². The van der Waals surface area contributed by atoms with Gasteiger partial charge in [-0.15, -0.1) is 10.2 Å². The van der Waals surface area contributed by atoms with Crippen LogP contribution in [0.25, 0.3) is 11.6 Å². The van der Waals surface area contributed by atoms with E-state index >= 15 is 0 Å². The molecule has 33 heavy (non-hydrogen) atoms. The maximum absolute atomic E-state index is 13.3. The van der Waals surface area contributed by atoms with E-state index in [1.165, 1.54) is 23.9 Å². The molecule has 0 unspecified atom stereocenters. The first kappa shape index (κ1) is 20.7. The van der Waals surface area contributed by atoms with Gasteiger partial charge in [0.1, 0.15) is 11.5 Å². The highest BCUT2D eigenvalue weighted by atomic mass is 32.2. The zero-order valence-electron chi connectivity index (χ0n) is 17.1. The van der Waals surface area contributed by atoms with Crippen LogP contribution in [0.1, 0.15) is 27.3 Å². The van der Waals surface area contributed by atoms with Crippen LogP contribution in [0.3, 0.4) is 0 Å². The highest BCUT2D eigenvalue weighted by Crippen LogP contribution is 2.32. The Kier molecular flexibility index (Phi) is 5.49. The summed E-state index contributed by atoms with van der Waals surface area (Å²) in [5.41, 5.74) is 3.83. The van der Waals surface area contributed by atoms with Gasteiger partial charge in [-0.2, -0.15) is 0 Å². The predicted molar refractivity (Wildman–Crippen MR) is 124 cm³/mol. The first-order valence-corrected chi connectivity index (χ1v) is 11.0. The maximum atomic E-state index is 13.3. The summed E-state index contributed by atoms with van der Waals surface area (Å²) in [5.74, 6) is -0.195. The summed E-state index contributed by atoms with van der Waals surface area (Å²) in [7, 11) is 0. The van der Waals surface area contributed by atoms with Gasteiger partial charge in [-0.3, -0.25) is 14.9 Å². The van der Waals surface area contributed by atoms with E-state index < -0.39 is 5.91 Å². The Balaban J connectivity index is 1.23. The SMILES string of the molecule is O=C1Nc2ccccc2/C1=C/c1ccc(C(=O)Nc2nnc(SCc3cccc(F)c3)[nH]2)[nH]1. The molecule has 164 valence electrons. The number of amides is 2. The molecule has 2 aromatic heterocycles. The lowest BCUT2D eigenvalue weighted by atomic mass is 10.1. The number of hydrogen-bond acceptors (Lipinski definition) is 5. The topological polar surface area (TPSA) is 116 Å². The number of aromatic amines is 2. The number of hydrogen-bond donors (Lipinski definition) is 4.